The van der Waals surface area contributed by atoms with Gasteiger partial charge in [-0.3, -0.25) is 9.59 Å². The molecule has 24 heavy (non-hydrogen) atoms. The van der Waals surface area contributed by atoms with E-state index in [0.717, 1.165) is 19.3 Å². The van der Waals surface area contributed by atoms with Crippen molar-refractivity contribution in [2.45, 2.75) is 19.3 Å². The Balaban J connectivity index is 1.93. The third-order valence-corrected chi connectivity index (χ3v) is 4.79. The largest absolute Gasteiger partial charge is 0.872 e. The van der Waals surface area contributed by atoms with Crippen LogP contribution >= 0.6 is 0 Å². The minimum absolute atomic E-state index is 0.192. The van der Waals surface area contributed by atoms with Gasteiger partial charge in [-0.25, -0.2) is 0 Å². The summed E-state index contributed by atoms with van der Waals surface area (Å²) in [5.74, 6) is -2.11. The molecule has 0 amide bonds. The van der Waals surface area contributed by atoms with Crippen LogP contribution in [0.3, 0.4) is 0 Å². The van der Waals surface area contributed by atoms with Gasteiger partial charge in [-0.2, -0.15) is 0 Å². The number of ketones is 2. The summed E-state index contributed by atoms with van der Waals surface area (Å²) in [5.41, 5.74) is 0.106. The maximum Gasteiger partial charge on any atom is 0.193 e. The first-order valence-corrected chi connectivity index (χ1v) is 8.08. The fourth-order valence-electron chi connectivity index (χ4n) is 3.59. The molecule has 0 atom stereocenters. The van der Waals surface area contributed by atoms with E-state index in [1.807, 2.05) is 4.90 Å². The van der Waals surface area contributed by atoms with Gasteiger partial charge in [-0.1, -0.05) is 35.8 Å². The summed E-state index contributed by atoms with van der Waals surface area (Å²) in [6, 6.07) is 7.55. The predicted octanol–water partition coefficient (Wildman–Crippen LogP) is 1.60. The summed E-state index contributed by atoms with van der Waals surface area (Å²) in [4.78, 5) is 27.2. The third-order valence-electron chi connectivity index (χ3n) is 4.79. The maximum absolute atomic E-state index is 12.9. The maximum atomic E-state index is 12.9. The molecule has 4 rings (SSSR count). The average molecular weight is 321 g/mol. The Bertz CT molecular complexity index is 866. The Morgan fingerprint density at radius 1 is 0.833 bits per heavy atom. The molecule has 2 aromatic rings. The number of hydrogen-bond acceptors (Lipinski definition) is 5. The normalized spacial score (nSPS) is 16.8. The first kappa shape index (κ1) is 14.8. The molecule has 0 radical (unpaired) electrons. The van der Waals surface area contributed by atoms with E-state index in [4.69, 9.17) is 0 Å². The zero-order valence-electron chi connectivity index (χ0n) is 13.0. The number of hydrogen-bond donors (Lipinski definition) is 0. The summed E-state index contributed by atoms with van der Waals surface area (Å²) >= 11 is 0. The molecule has 2 aromatic carbocycles. The molecule has 0 aromatic heterocycles. The van der Waals surface area contributed by atoms with Crippen molar-refractivity contribution >= 4 is 17.3 Å². The molecule has 1 heterocycles. The lowest BCUT2D eigenvalue weighted by Crippen LogP contribution is -2.32. The van der Waals surface area contributed by atoms with Crippen LogP contribution in [0.25, 0.3) is 0 Å². The second-order valence-corrected chi connectivity index (χ2v) is 6.22. The number of carbonyl (C=O) groups excluding carboxylic acids is 2. The predicted molar refractivity (Wildman–Crippen MR) is 84.7 cm³/mol. The molecule has 2 aliphatic rings. The summed E-state index contributed by atoms with van der Waals surface area (Å²) in [6.07, 6.45) is 2.98. The van der Waals surface area contributed by atoms with Crippen LogP contribution in [0.2, 0.25) is 0 Å². The average Bonchev–Trinajstić information content (AvgIpc) is 2.62. The Kier molecular flexibility index (Phi) is 3.30. The van der Waals surface area contributed by atoms with Gasteiger partial charge in [0.05, 0.1) is 0 Å². The second-order valence-electron chi connectivity index (χ2n) is 6.22. The molecule has 5 heteroatoms. The Morgan fingerprint density at radius 3 is 2.04 bits per heavy atom. The number of anilines is 1. The van der Waals surface area contributed by atoms with Crippen molar-refractivity contribution in [2.24, 2.45) is 0 Å². The quantitative estimate of drug-likeness (QED) is 0.680. The zero-order valence-corrected chi connectivity index (χ0v) is 13.0. The van der Waals surface area contributed by atoms with E-state index in [1.165, 1.54) is 18.2 Å². The van der Waals surface area contributed by atoms with Crippen LogP contribution < -0.4 is 15.1 Å². The van der Waals surface area contributed by atoms with Crippen LogP contribution in [0.5, 0.6) is 11.5 Å². The van der Waals surface area contributed by atoms with Crippen LogP contribution in [0.1, 0.15) is 51.1 Å². The summed E-state index contributed by atoms with van der Waals surface area (Å²) in [7, 11) is 0. The topological polar surface area (TPSA) is 83.5 Å². The van der Waals surface area contributed by atoms with Crippen molar-refractivity contribution in [1.29, 1.82) is 0 Å². The van der Waals surface area contributed by atoms with Crippen molar-refractivity contribution in [3.63, 3.8) is 0 Å². The lowest BCUT2D eigenvalue weighted by molar-refractivity contribution is -0.274. The van der Waals surface area contributed by atoms with Gasteiger partial charge >= 0.3 is 0 Å². The van der Waals surface area contributed by atoms with Crippen molar-refractivity contribution in [3.8, 4) is 11.5 Å². The van der Waals surface area contributed by atoms with Crippen LogP contribution in [0.15, 0.2) is 30.3 Å². The van der Waals surface area contributed by atoms with E-state index in [2.05, 4.69) is 0 Å². The van der Waals surface area contributed by atoms with Crippen molar-refractivity contribution < 1.29 is 19.8 Å². The monoisotopic (exact) mass is 321 g/mol. The molecular weight excluding hydrogens is 306 g/mol. The molecule has 0 saturated carbocycles. The Morgan fingerprint density at radius 2 is 1.42 bits per heavy atom. The van der Waals surface area contributed by atoms with E-state index in [0.29, 0.717) is 13.1 Å². The van der Waals surface area contributed by atoms with Gasteiger partial charge < -0.3 is 15.1 Å². The minimum Gasteiger partial charge on any atom is -0.872 e. The SMILES string of the molecule is O=C1c2ccccc2C(=O)c2c([O-])c(N3CCCCC3)cc([O-])c21. The van der Waals surface area contributed by atoms with Crippen molar-refractivity contribution in [1.82, 2.24) is 0 Å². The second kappa shape index (κ2) is 5.37. The molecule has 0 unspecified atom stereocenters. The van der Waals surface area contributed by atoms with E-state index in [-0.39, 0.29) is 27.9 Å². The van der Waals surface area contributed by atoms with E-state index in [1.54, 1.807) is 12.1 Å². The van der Waals surface area contributed by atoms with E-state index >= 15 is 0 Å². The lowest BCUT2D eigenvalue weighted by Gasteiger charge is -2.36. The highest BCUT2D eigenvalue weighted by Gasteiger charge is 2.31. The molecule has 0 bridgehead atoms. The number of carbonyl (C=O) groups is 2. The highest BCUT2D eigenvalue weighted by atomic mass is 16.3. The molecular formula is C19H15NO4-2. The van der Waals surface area contributed by atoms with Gasteiger partial charge in [0.1, 0.15) is 0 Å². The zero-order chi connectivity index (χ0) is 16.8. The number of benzene rings is 2. The molecule has 1 saturated heterocycles. The molecule has 5 nitrogen and oxygen atoms in total. The van der Waals surface area contributed by atoms with Crippen molar-refractivity contribution in [2.75, 3.05) is 18.0 Å². The molecule has 1 aliphatic carbocycles. The van der Waals surface area contributed by atoms with Crippen LogP contribution in [0.4, 0.5) is 5.69 Å². The van der Waals surface area contributed by atoms with Gasteiger partial charge in [0.15, 0.2) is 11.6 Å². The molecule has 1 aliphatic heterocycles. The summed E-state index contributed by atoms with van der Waals surface area (Å²) in [6.45, 7) is 1.37. The summed E-state index contributed by atoms with van der Waals surface area (Å²) in [5, 5.41) is 25.4. The lowest BCUT2D eigenvalue weighted by atomic mass is 9.82. The van der Waals surface area contributed by atoms with E-state index < -0.39 is 23.1 Å². The van der Waals surface area contributed by atoms with Crippen LogP contribution in [0, 0.1) is 0 Å². The molecule has 0 N–H and O–H groups in total. The van der Waals surface area contributed by atoms with Crippen molar-refractivity contribution in [3.05, 3.63) is 52.6 Å². The molecule has 1 fully saturated rings. The van der Waals surface area contributed by atoms with Crippen LogP contribution in [-0.4, -0.2) is 24.7 Å². The van der Waals surface area contributed by atoms with Gasteiger partial charge in [-0.05, 0) is 25.3 Å². The first-order valence-electron chi connectivity index (χ1n) is 8.08. The highest BCUT2D eigenvalue weighted by Crippen LogP contribution is 2.41. The Labute approximate surface area is 139 Å². The number of piperidine rings is 1. The van der Waals surface area contributed by atoms with Gasteiger partial charge in [0.2, 0.25) is 0 Å². The van der Waals surface area contributed by atoms with E-state index in [9.17, 15) is 19.8 Å². The van der Waals surface area contributed by atoms with Crippen LogP contribution in [-0.2, 0) is 0 Å². The van der Waals surface area contributed by atoms with Gasteiger partial charge in [-0.15, -0.1) is 0 Å². The number of rotatable bonds is 1. The fourth-order valence-corrected chi connectivity index (χ4v) is 3.59. The standard InChI is InChI=1S/C19H17NO4/c21-14-10-13(20-8-4-1-5-9-20)19(24)16-15(14)17(22)11-6-2-3-7-12(11)18(16)23/h2-3,6-7,10,21,24H,1,4-5,8-9H2/p-2. The Hall–Kier alpha value is -2.82. The van der Waals surface area contributed by atoms with Gasteiger partial charge in [0.25, 0.3) is 0 Å². The smallest absolute Gasteiger partial charge is 0.193 e. The number of nitrogens with zero attached hydrogens (tertiary/aromatic N) is 1. The fraction of sp³-hybridized carbons (Fsp3) is 0.263. The molecule has 122 valence electrons. The van der Waals surface area contributed by atoms with Gasteiger partial charge in [0, 0.05) is 41.0 Å². The molecule has 0 spiro atoms. The summed E-state index contributed by atoms with van der Waals surface area (Å²) < 4.78 is 0. The highest BCUT2D eigenvalue weighted by molar-refractivity contribution is 6.30. The minimum atomic E-state index is -0.543. The number of fused-ring (bicyclic) bond motifs is 2. The third kappa shape index (κ3) is 2.01. The first-order chi connectivity index (χ1) is 11.6.